The molecule has 0 aliphatic heterocycles. The van der Waals surface area contributed by atoms with Crippen LogP contribution < -0.4 is 4.74 Å². The highest BCUT2D eigenvalue weighted by Gasteiger charge is 2.29. The number of benzene rings is 3. The van der Waals surface area contributed by atoms with Gasteiger partial charge in [-0.1, -0.05) is 43.6 Å². The Bertz CT molecular complexity index is 1370. The molecule has 4 aromatic rings. The average molecular weight is 478 g/mol. The van der Waals surface area contributed by atoms with Gasteiger partial charge < -0.3 is 18.8 Å². The number of carbonyl (C=O) groups excluding carboxylic acids is 2. The van der Waals surface area contributed by atoms with Crippen molar-refractivity contribution in [2.24, 2.45) is 0 Å². The van der Waals surface area contributed by atoms with E-state index in [0.29, 0.717) is 39.0 Å². The summed E-state index contributed by atoms with van der Waals surface area (Å²) in [5.74, 6) is 0.0732. The molecule has 0 amide bonds. The number of hydrogen-bond donors (Lipinski definition) is 0. The van der Waals surface area contributed by atoms with Gasteiger partial charge in [0, 0.05) is 16.1 Å². The van der Waals surface area contributed by atoms with Crippen molar-refractivity contribution in [1.29, 1.82) is 0 Å². The summed E-state index contributed by atoms with van der Waals surface area (Å²) in [6.45, 7) is 4.22. The summed E-state index contributed by atoms with van der Waals surface area (Å²) < 4.78 is 17.8. The van der Waals surface area contributed by atoms with Crippen molar-refractivity contribution in [2.75, 3.05) is 14.2 Å². The number of nitrogens with zero attached hydrogens (tertiary/aromatic N) is 1. The Hall–Kier alpha value is -3.77. The number of fused-ring (bicyclic) bond motifs is 1. The van der Waals surface area contributed by atoms with Crippen LogP contribution in [-0.2, 0) is 9.47 Å². The molecule has 0 radical (unpaired) electrons. The smallest absolute Gasteiger partial charge is 0.355 e. The Morgan fingerprint density at radius 2 is 1.53 bits per heavy atom. The molecule has 1 heterocycles. The van der Waals surface area contributed by atoms with Crippen molar-refractivity contribution in [1.82, 2.24) is 4.57 Å². The Morgan fingerprint density at radius 3 is 2.15 bits per heavy atom. The maximum atomic E-state index is 12.9. The van der Waals surface area contributed by atoms with Crippen molar-refractivity contribution in [2.45, 2.75) is 19.8 Å². The van der Waals surface area contributed by atoms with E-state index in [1.807, 2.05) is 24.3 Å². The summed E-state index contributed by atoms with van der Waals surface area (Å²) in [7, 11) is 2.55. The van der Waals surface area contributed by atoms with E-state index in [1.54, 1.807) is 47.0 Å². The summed E-state index contributed by atoms with van der Waals surface area (Å²) in [6.07, 6.45) is 0. The summed E-state index contributed by atoms with van der Waals surface area (Å²) in [4.78, 5) is 25.8. The van der Waals surface area contributed by atoms with Crippen molar-refractivity contribution < 1.29 is 23.8 Å². The van der Waals surface area contributed by atoms with E-state index in [1.165, 1.54) is 14.2 Å². The molecule has 34 heavy (non-hydrogen) atoms. The van der Waals surface area contributed by atoms with E-state index in [0.717, 1.165) is 5.56 Å². The zero-order valence-electron chi connectivity index (χ0n) is 19.3. The quantitative estimate of drug-likeness (QED) is 0.286. The molecule has 0 atom stereocenters. The number of aromatic nitrogens is 1. The molecule has 0 unspecified atom stereocenters. The molecule has 0 saturated heterocycles. The molecule has 7 heteroatoms. The zero-order valence-corrected chi connectivity index (χ0v) is 20.1. The van der Waals surface area contributed by atoms with Crippen LogP contribution in [0.5, 0.6) is 11.5 Å². The van der Waals surface area contributed by atoms with Gasteiger partial charge in [0.1, 0.15) is 22.8 Å². The van der Waals surface area contributed by atoms with Crippen LogP contribution in [0, 0.1) is 0 Å². The largest absolute Gasteiger partial charge is 0.465 e. The molecule has 0 N–H and O–H groups in total. The molecule has 6 nitrogen and oxygen atoms in total. The molecule has 0 aliphatic rings. The fourth-order valence-corrected chi connectivity index (χ4v) is 4.06. The number of esters is 2. The predicted molar refractivity (Wildman–Crippen MR) is 132 cm³/mol. The minimum Gasteiger partial charge on any atom is -0.465 e. The van der Waals surface area contributed by atoms with Gasteiger partial charge in [-0.2, -0.15) is 0 Å². The highest BCUT2D eigenvalue weighted by Crippen LogP contribution is 2.35. The number of carbonyl (C=O) groups is 2. The van der Waals surface area contributed by atoms with E-state index >= 15 is 0 Å². The second-order valence-electron chi connectivity index (χ2n) is 8.03. The number of hydrogen-bond acceptors (Lipinski definition) is 5. The second kappa shape index (κ2) is 9.61. The summed E-state index contributed by atoms with van der Waals surface area (Å²) in [5, 5.41) is 1.04. The third kappa shape index (κ3) is 4.37. The van der Waals surface area contributed by atoms with Crippen LogP contribution in [0.15, 0.2) is 66.7 Å². The Labute approximate surface area is 202 Å². The lowest BCUT2D eigenvalue weighted by Gasteiger charge is -2.12. The van der Waals surface area contributed by atoms with Gasteiger partial charge in [0.05, 0.1) is 19.7 Å². The van der Waals surface area contributed by atoms with Crippen LogP contribution in [0.1, 0.15) is 46.2 Å². The predicted octanol–water partition coefficient (Wildman–Crippen LogP) is 6.77. The molecular formula is C27H24ClNO5. The summed E-state index contributed by atoms with van der Waals surface area (Å²) in [6, 6.07) is 20.1. The number of methoxy groups -OCH3 is 2. The SMILES string of the molecule is COC(=O)c1c(C(=O)OC)n(-c2ccc(C(C)C)cc2)c2ccc(Oc3cccc(Cl)c3)cc12. The van der Waals surface area contributed by atoms with Crippen LogP contribution in [0.25, 0.3) is 16.6 Å². The van der Waals surface area contributed by atoms with Crippen LogP contribution in [0.2, 0.25) is 5.02 Å². The molecule has 0 bridgehead atoms. The van der Waals surface area contributed by atoms with Crippen molar-refractivity contribution in [3.05, 3.63) is 88.6 Å². The zero-order chi connectivity index (χ0) is 24.4. The monoisotopic (exact) mass is 477 g/mol. The maximum Gasteiger partial charge on any atom is 0.355 e. The van der Waals surface area contributed by atoms with Gasteiger partial charge in [0.2, 0.25) is 0 Å². The Balaban J connectivity index is 1.96. The first-order chi connectivity index (χ1) is 16.3. The third-order valence-electron chi connectivity index (χ3n) is 5.56. The van der Waals surface area contributed by atoms with E-state index in [9.17, 15) is 9.59 Å². The van der Waals surface area contributed by atoms with Crippen LogP contribution >= 0.6 is 11.6 Å². The van der Waals surface area contributed by atoms with Crippen molar-refractivity contribution >= 4 is 34.4 Å². The first-order valence-electron chi connectivity index (χ1n) is 10.7. The molecule has 0 aliphatic carbocycles. The number of halogens is 1. The summed E-state index contributed by atoms with van der Waals surface area (Å²) in [5.41, 5.74) is 2.70. The molecule has 174 valence electrons. The lowest BCUT2D eigenvalue weighted by molar-refractivity contribution is 0.0551. The second-order valence-corrected chi connectivity index (χ2v) is 8.46. The summed E-state index contributed by atoms with van der Waals surface area (Å²) >= 11 is 6.07. The van der Waals surface area contributed by atoms with E-state index in [4.69, 9.17) is 25.8 Å². The van der Waals surface area contributed by atoms with Gasteiger partial charge in [-0.15, -0.1) is 0 Å². The topological polar surface area (TPSA) is 66.8 Å². The fraction of sp³-hybridized carbons (Fsp3) is 0.185. The molecule has 0 spiro atoms. The lowest BCUT2D eigenvalue weighted by Crippen LogP contribution is -2.15. The van der Waals surface area contributed by atoms with E-state index in [-0.39, 0.29) is 11.3 Å². The first-order valence-corrected chi connectivity index (χ1v) is 11.1. The maximum absolute atomic E-state index is 12.9. The molecule has 4 rings (SSSR count). The van der Waals surface area contributed by atoms with Gasteiger partial charge in [-0.3, -0.25) is 0 Å². The van der Waals surface area contributed by atoms with Gasteiger partial charge in [0.25, 0.3) is 0 Å². The molecular weight excluding hydrogens is 454 g/mol. The van der Waals surface area contributed by atoms with Crippen LogP contribution in [0.4, 0.5) is 0 Å². The molecule has 1 aromatic heterocycles. The standard InChI is InChI=1S/C27H24ClNO5/c1-16(2)17-8-10-19(11-9-17)29-23-13-12-21(34-20-7-5-6-18(28)14-20)15-22(23)24(26(30)32-3)25(29)27(31)33-4/h5-16H,1-4H3. The minimum atomic E-state index is -0.651. The number of ether oxygens (including phenoxy) is 3. The minimum absolute atomic E-state index is 0.0848. The highest BCUT2D eigenvalue weighted by atomic mass is 35.5. The molecule has 0 fully saturated rings. The van der Waals surface area contributed by atoms with Crippen molar-refractivity contribution in [3.63, 3.8) is 0 Å². The molecule has 3 aromatic carbocycles. The highest BCUT2D eigenvalue weighted by molar-refractivity contribution is 6.30. The van der Waals surface area contributed by atoms with Gasteiger partial charge in [-0.05, 0) is 60.0 Å². The Morgan fingerprint density at radius 1 is 0.853 bits per heavy atom. The van der Waals surface area contributed by atoms with Gasteiger partial charge >= 0.3 is 11.9 Å². The third-order valence-corrected chi connectivity index (χ3v) is 5.79. The van der Waals surface area contributed by atoms with E-state index in [2.05, 4.69) is 13.8 Å². The number of rotatable bonds is 6. The first kappa shape index (κ1) is 23.4. The van der Waals surface area contributed by atoms with Gasteiger partial charge in [-0.25, -0.2) is 9.59 Å². The molecule has 0 saturated carbocycles. The lowest BCUT2D eigenvalue weighted by atomic mass is 10.0. The average Bonchev–Trinajstić information content (AvgIpc) is 3.17. The normalized spacial score (nSPS) is 11.0. The Kier molecular flexibility index (Phi) is 6.61. The van der Waals surface area contributed by atoms with E-state index < -0.39 is 11.9 Å². The van der Waals surface area contributed by atoms with Crippen LogP contribution in [0.3, 0.4) is 0 Å². The van der Waals surface area contributed by atoms with Crippen LogP contribution in [-0.4, -0.2) is 30.7 Å². The van der Waals surface area contributed by atoms with Crippen molar-refractivity contribution in [3.8, 4) is 17.2 Å². The fourth-order valence-electron chi connectivity index (χ4n) is 3.88. The van der Waals surface area contributed by atoms with Gasteiger partial charge in [0.15, 0.2) is 0 Å².